The number of aromatic nitrogens is 2. The van der Waals surface area contributed by atoms with Crippen molar-refractivity contribution in [3.8, 4) is 0 Å². The fourth-order valence-electron chi connectivity index (χ4n) is 2.26. The van der Waals surface area contributed by atoms with Crippen LogP contribution in [-0.4, -0.2) is 27.1 Å². The smallest absolute Gasteiger partial charge is 0.269 e. The summed E-state index contributed by atoms with van der Waals surface area (Å²) in [5.74, 6) is 0.698. The highest BCUT2D eigenvalue weighted by Crippen LogP contribution is 2.17. The van der Waals surface area contributed by atoms with Crippen LogP contribution in [0.15, 0.2) is 18.2 Å². The fourth-order valence-corrected chi connectivity index (χ4v) is 2.41. The number of rotatable bonds is 4. The molecule has 1 heterocycles. The lowest BCUT2D eigenvalue weighted by molar-refractivity contribution is 0.0944. The van der Waals surface area contributed by atoms with Gasteiger partial charge in [-0.25, -0.2) is 4.98 Å². The second kappa shape index (κ2) is 7.22. The lowest BCUT2D eigenvalue weighted by Gasteiger charge is -2.10. The Hall–Kier alpha value is -2.15. The number of amides is 1. The number of nitrogens with one attached hydrogen (secondary N) is 3. The van der Waals surface area contributed by atoms with Crippen LogP contribution in [0.5, 0.6) is 0 Å². The van der Waals surface area contributed by atoms with Crippen molar-refractivity contribution in [3.63, 3.8) is 0 Å². The minimum Gasteiger partial charge on any atom is -0.361 e. The molecule has 2 aromatic rings. The number of fused-ring (bicyclic) bond motifs is 1. The Bertz CT molecular complexity index is 695. The first-order chi connectivity index (χ1) is 10.6. The van der Waals surface area contributed by atoms with Crippen molar-refractivity contribution in [2.24, 2.45) is 0 Å². The second-order valence-corrected chi connectivity index (χ2v) is 5.35. The third kappa shape index (κ3) is 3.54. The van der Waals surface area contributed by atoms with Gasteiger partial charge in [0.05, 0.1) is 11.0 Å². The van der Waals surface area contributed by atoms with Gasteiger partial charge in [-0.15, -0.1) is 0 Å². The molecule has 1 aromatic heterocycles. The normalized spacial score (nSPS) is 10.5. The van der Waals surface area contributed by atoms with Crippen molar-refractivity contribution in [2.45, 2.75) is 33.7 Å². The Morgan fingerprint density at radius 2 is 2.09 bits per heavy atom. The van der Waals surface area contributed by atoms with Gasteiger partial charge >= 0.3 is 0 Å². The number of carbonyl (C=O) groups excluding carboxylic acids is 1. The van der Waals surface area contributed by atoms with Crippen molar-refractivity contribution in [2.75, 3.05) is 6.54 Å². The summed E-state index contributed by atoms with van der Waals surface area (Å²) in [5.41, 5.74) is 7.66. The molecule has 0 saturated carbocycles. The molecular formula is C15H21N5OS. The van der Waals surface area contributed by atoms with Crippen LogP contribution in [0.25, 0.3) is 11.0 Å². The van der Waals surface area contributed by atoms with E-state index in [2.05, 4.69) is 32.6 Å². The van der Waals surface area contributed by atoms with E-state index in [1.165, 1.54) is 0 Å². The van der Waals surface area contributed by atoms with Gasteiger partial charge in [0, 0.05) is 18.7 Å². The monoisotopic (exact) mass is 319 g/mol. The van der Waals surface area contributed by atoms with Crippen LogP contribution in [-0.2, 0) is 6.54 Å². The maximum Gasteiger partial charge on any atom is 0.269 e. The van der Waals surface area contributed by atoms with Gasteiger partial charge in [-0.1, -0.05) is 6.92 Å². The van der Waals surface area contributed by atoms with Crippen molar-refractivity contribution in [1.82, 2.24) is 25.7 Å². The molecular weight excluding hydrogens is 298 g/mol. The first-order valence-electron chi connectivity index (χ1n) is 7.37. The molecule has 0 fully saturated rings. The number of benzene rings is 1. The van der Waals surface area contributed by atoms with Gasteiger partial charge in [0.2, 0.25) is 0 Å². The minimum atomic E-state index is -0.244. The Kier molecular flexibility index (Phi) is 5.32. The Balaban J connectivity index is 2.07. The van der Waals surface area contributed by atoms with Crippen LogP contribution in [0.4, 0.5) is 0 Å². The molecule has 2 rings (SSSR count). The molecule has 6 nitrogen and oxygen atoms in total. The second-order valence-electron chi connectivity index (χ2n) is 4.94. The van der Waals surface area contributed by atoms with Gasteiger partial charge in [0.1, 0.15) is 5.82 Å². The van der Waals surface area contributed by atoms with Gasteiger partial charge < -0.3 is 9.88 Å². The Morgan fingerprint density at radius 3 is 2.77 bits per heavy atom. The summed E-state index contributed by atoms with van der Waals surface area (Å²) in [6.07, 6.45) is 0.964. The summed E-state index contributed by atoms with van der Waals surface area (Å²) in [6.45, 7) is 7.70. The highest BCUT2D eigenvalue weighted by atomic mass is 32.1. The van der Waals surface area contributed by atoms with E-state index < -0.39 is 0 Å². The van der Waals surface area contributed by atoms with Gasteiger partial charge in [-0.2, -0.15) is 0 Å². The summed E-state index contributed by atoms with van der Waals surface area (Å²) < 4.78 is 2.11. The van der Waals surface area contributed by atoms with E-state index in [0.29, 0.717) is 10.7 Å². The molecule has 1 aromatic carbocycles. The van der Waals surface area contributed by atoms with E-state index in [0.717, 1.165) is 36.4 Å². The van der Waals surface area contributed by atoms with Gasteiger partial charge in [0.25, 0.3) is 5.91 Å². The van der Waals surface area contributed by atoms with Crippen molar-refractivity contribution >= 4 is 34.3 Å². The molecule has 0 aliphatic heterocycles. The predicted octanol–water partition coefficient (Wildman–Crippen LogP) is 1.88. The van der Waals surface area contributed by atoms with E-state index in [-0.39, 0.29) is 5.91 Å². The molecule has 22 heavy (non-hydrogen) atoms. The molecule has 1 amide bonds. The maximum atomic E-state index is 12.1. The topological polar surface area (TPSA) is 71.0 Å². The number of aryl methyl sites for hydroxylation is 2. The Labute approximate surface area is 135 Å². The van der Waals surface area contributed by atoms with Crippen LogP contribution in [0.2, 0.25) is 0 Å². The van der Waals surface area contributed by atoms with E-state index in [4.69, 9.17) is 12.2 Å². The number of imidazole rings is 1. The number of thiocarbonyl (C=S) groups is 1. The van der Waals surface area contributed by atoms with Crippen LogP contribution in [0.3, 0.4) is 0 Å². The zero-order valence-electron chi connectivity index (χ0n) is 13.1. The van der Waals surface area contributed by atoms with E-state index in [9.17, 15) is 4.79 Å². The summed E-state index contributed by atoms with van der Waals surface area (Å²) >= 11 is 5.05. The summed E-state index contributed by atoms with van der Waals surface area (Å²) in [6, 6.07) is 5.49. The number of hydrogen-bond acceptors (Lipinski definition) is 3. The maximum absolute atomic E-state index is 12.1. The summed E-state index contributed by atoms with van der Waals surface area (Å²) in [4.78, 5) is 16.6. The van der Waals surface area contributed by atoms with E-state index in [1.807, 2.05) is 19.9 Å². The van der Waals surface area contributed by atoms with Gasteiger partial charge in [-0.3, -0.25) is 15.6 Å². The minimum absolute atomic E-state index is 0.244. The average Bonchev–Trinajstić information content (AvgIpc) is 2.84. The number of hydrazine groups is 1. The largest absolute Gasteiger partial charge is 0.361 e. The predicted molar refractivity (Wildman–Crippen MR) is 91.6 cm³/mol. The molecule has 0 atom stereocenters. The van der Waals surface area contributed by atoms with Gasteiger partial charge in [-0.05, 0) is 50.7 Å². The summed E-state index contributed by atoms with van der Waals surface area (Å²) in [5, 5.41) is 3.38. The molecule has 0 aliphatic rings. The molecule has 0 unspecified atom stereocenters. The van der Waals surface area contributed by atoms with Crippen LogP contribution < -0.4 is 16.2 Å². The number of carbonyl (C=O) groups is 1. The van der Waals surface area contributed by atoms with E-state index >= 15 is 0 Å². The molecule has 0 radical (unpaired) electrons. The number of hydrogen-bond donors (Lipinski definition) is 3. The van der Waals surface area contributed by atoms with Crippen molar-refractivity contribution in [1.29, 1.82) is 0 Å². The van der Waals surface area contributed by atoms with Crippen LogP contribution >= 0.6 is 12.2 Å². The van der Waals surface area contributed by atoms with Crippen LogP contribution in [0, 0.1) is 6.92 Å². The van der Waals surface area contributed by atoms with E-state index in [1.54, 1.807) is 12.1 Å². The lowest BCUT2D eigenvalue weighted by Crippen LogP contribution is -2.46. The standard InChI is InChI=1S/C15H21N5OS/c1-4-8-16-15(22)19-18-14(21)11-6-7-13-12(9-11)17-10(3)20(13)5-2/h6-7,9H,4-5,8H2,1-3H3,(H,18,21)(H2,16,19,22). The molecule has 0 saturated heterocycles. The molecule has 7 heteroatoms. The third-order valence-corrected chi connectivity index (χ3v) is 3.59. The highest BCUT2D eigenvalue weighted by molar-refractivity contribution is 7.80. The zero-order chi connectivity index (χ0) is 16.1. The third-order valence-electron chi connectivity index (χ3n) is 3.34. The molecule has 0 spiro atoms. The summed E-state index contributed by atoms with van der Waals surface area (Å²) in [7, 11) is 0. The van der Waals surface area contributed by atoms with Crippen molar-refractivity contribution in [3.05, 3.63) is 29.6 Å². The molecule has 118 valence electrons. The SMILES string of the molecule is CCCNC(=S)NNC(=O)c1ccc2c(c1)nc(C)n2CC. The zero-order valence-corrected chi connectivity index (χ0v) is 13.9. The lowest BCUT2D eigenvalue weighted by atomic mass is 10.2. The quantitative estimate of drug-likeness (QED) is 0.593. The molecule has 3 N–H and O–H groups in total. The number of nitrogens with zero attached hydrogens (tertiary/aromatic N) is 2. The Morgan fingerprint density at radius 1 is 1.32 bits per heavy atom. The average molecular weight is 319 g/mol. The van der Waals surface area contributed by atoms with Crippen molar-refractivity contribution < 1.29 is 4.79 Å². The van der Waals surface area contributed by atoms with Crippen LogP contribution in [0.1, 0.15) is 36.5 Å². The highest BCUT2D eigenvalue weighted by Gasteiger charge is 2.11. The molecule has 0 bridgehead atoms. The molecule has 0 aliphatic carbocycles. The fraction of sp³-hybridized carbons (Fsp3) is 0.400. The van der Waals surface area contributed by atoms with Gasteiger partial charge in [0.15, 0.2) is 5.11 Å². The first kappa shape index (κ1) is 16.2. The first-order valence-corrected chi connectivity index (χ1v) is 7.78.